The first-order valence-corrected chi connectivity index (χ1v) is 8.01. The summed E-state index contributed by atoms with van der Waals surface area (Å²) in [4.78, 5) is 2.29. The second kappa shape index (κ2) is 8.96. The number of sulfone groups is 1. The van der Waals surface area contributed by atoms with Crippen molar-refractivity contribution in [3.8, 4) is 0 Å². The number of hydrogen-bond acceptors (Lipinski definition) is 4. The van der Waals surface area contributed by atoms with Gasteiger partial charge in [-0.15, -0.1) is 0 Å². The van der Waals surface area contributed by atoms with Gasteiger partial charge in [0.25, 0.3) is 0 Å². The van der Waals surface area contributed by atoms with Crippen LogP contribution in [-0.2, 0) is 9.84 Å². The Morgan fingerprint density at radius 3 is 2.31 bits per heavy atom. The summed E-state index contributed by atoms with van der Waals surface area (Å²) in [6.45, 7) is 10.7. The zero-order chi connectivity index (χ0) is 12.4. The largest absolute Gasteiger partial charge is 0.316 e. The van der Waals surface area contributed by atoms with Gasteiger partial charge >= 0.3 is 0 Å². The first-order valence-electron chi connectivity index (χ1n) is 6.19. The lowest BCUT2D eigenvalue weighted by atomic mass is 10.4. The fourth-order valence-corrected chi connectivity index (χ4v) is 2.35. The Hall–Kier alpha value is -0.130. The second-order valence-electron chi connectivity index (χ2n) is 3.88. The molecule has 0 aromatic carbocycles. The molecule has 0 rings (SSSR count). The van der Waals surface area contributed by atoms with Crippen molar-refractivity contribution in [1.82, 2.24) is 10.2 Å². The minimum atomic E-state index is -2.79. The van der Waals surface area contributed by atoms with Gasteiger partial charge in [-0.25, -0.2) is 8.42 Å². The van der Waals surface area contributed by atoms with Gasteiger partial charge < -0.3 is 10.2 Å². The molecule has 0 aliphatic carbocycles. The van der Waals surface area contributed by atoms with Crippen molar-refractivity contribution in [2.45, 2.75) is 27.2 Å². The van der Waals surface area contributed by atoms with Gasteiger partial charge in [-0.05, 0) is 26.1 Å². The summed E-state index contributed by atoms with van der Waals surface area (Å²) in [5.74, 6) is 0.581. The molecule has 0 atom stereocenters. The van der Waals surface area contributed by atoms with Gasteiger partial charge in [-0.3, -0.25) is 0 Å². The summed E-state index contributed by atoms with van der Waals surface area (Å²) in [5.41, 5.74) is 0. The van der Waals surface area contributed by atoms with E-state index in [0.29, 0.717) is 5.75 Å². The van der Waals surface area contributed by atoms with E-state index < -0.39 is 9.84 Å². The first-order chi connectivity index (χ1) is 7.55. The van der Waals surface area contributed by atoms with Crippen molar-refractivity contribution in [1.29, 1.82) is 0 Å². The molecule has 0 spiro atoms. The maximum Gasteiger partial charge on any atom is 0.150 e. The SMILES string of the molecule is CCNCCN(CC)CCCS(=O)(=O)CC. The van der Waals surface area contributed by atoms with Crippen LogP contribution in [0.2, 0.25) is 0 Å². The summed E-state index contributed by atoms with van der Waals surface area (Å²) in [6, 6.07) is 0. The van der Waals surface area contributed by atoms with Crippen molar-refractivity contribution in [3.63, 3.8) is 0 Å². The van der Waals surface area contributed by atoms with Crippen molar-refractivity contribution < 1.29 is 8.42 Å². The van der Waals surface area contributed by atoms with Crippen molar-refractivity contribution in [2.75, 3.05) is 44.2 Å². The molecule has 0 amide bonds. The van der Waals surface area contributed by atoms with Crippen molar-refractivity contribution >= 4 is 9.84 Å². The lowest BCUT2D eigenvalue weighted by Crippen LogP contribution is -2.33. The minimum Gasteiger partial charge on any atom is -0.316 e. The zero-order valence-corrected chi connectivity index (χ0v) is 11.6. The highest BCUT2D eigenvalue weighted by Gasteiger charge is 2.08. The lowest BCUT2D eigenvalue weighted by Gasteiger charge is -2.20. The van der Waals surface area contributed by atoms with E-state index in [1.807, 2.05) is 0 Å². The predicted molar refractivity (Wildman–Crippen MR) is 69.6 cm³/mol. The van der Waals surface area contributed by atoms with E-state index in [0.717, 1.165) is 39.1 Å². The number of hydrogen-bond donors (Lipinski definition) is 1. The van der Waals surface area contributed by atoms with Crippen molar-refractivity contribution in [2.24, 2.45) is 0 Å². The Balaban J connectivity index is 3.70. The molecule has 5 heteroatoms. The number of nitrogens with zero attached hydrogens (tertiary/aromatic N) is 1. The van der Waals surface area contributed by atoms with Gasteiger partial charge in [0.2, 0.25) is 0 Å². The molecule has 98 valence electrons. The Morgan fingerprint density at radius 1 is 1.12 bits per heavy atom. The monoisotopic (exact) mass is 250 g/mol. The third-order valence-electron chi connectivity index (χ3n) is 2.67. The molecule has 0 radical (unpaired) electrons. The zero-order valence-electron chi connectivity index (χ0n) is 10.8. The predicted octanol–water partition coefficient (Wildman–Crippen LogP) is 0.743. The van der Waals surface area contributed by atoms with Crippen LogP contribution in [0.25, 0.3) is 0 Å². The van der Waals surface area contributed by atoms with Gasteiger partial charge in [-0.2, -0.15) is 0 Å². The first kappa shape index (κ1) is 15.9. The van der Waals surface area contributed by atoms with Crippen LogP contribution in [0.5, 0.6) is 0 Å². The fourth-order valence-electron chi connectivity index (χ4n) is 1.49. The normalized spacial score (nSPS) is 12.2. The summed E-state index contributed by atoms with van der Waals surface area (Å²) in [6.07, 6.45) is 0.746. The highest BCUT2D eigenvalue weighted by atomic mass is 32.2. The molecule has 0 aromatic heterocycles. The van der Waals surface area contributed by atoms with Crippen LogP contribution >= 0.6 is 0 Å². The minimum absolute atomic E-state index is 0.260. The van der Waals surface area contributed by atoms with Gasteiger partial charge in [0.05, 0.1) is 5.75 Å². The van der Waals surface area contributed by atoms with E-state index in [2.05, 4.69) is 24.1 Å². The summed E-state index contributed by atoms with van der Waals surface area (Å²) in [7, 11) is -2.79. The number of rotatable bonds is 10. The average molecular weight is 250 g/mol. The van der Waals surface area contributed by atoms with E-state index >= 15 is 0 Å². The van der Waals surface area contributed by atoms with Gasteiger partial charge in [0.15, 0.2) is 0 Å². The standard InChI is InChI=1S/C11H26N2O2S/c1-4-12-8-10-13(5-2)9-7-11-16(14,15)6-3/h12H,4-11H2,1-3H3. The molecule has 0 aliphatic rings. The van der Waals surface area contributed by atoms with Crippen LogP contribution in [0.3, 0.4) is 0 Å². The molecule has 1 N–H and O–H groups in total. The molecule has 0 aliphatic heterocycles. The number of likely N-dealkylation sites (N-methyl/N-ethyl adjacent to an activating group) is 2. The van der Waals surface area contributed by atoms with E-state index in [1.54, 1.807) is 6.92 Å². The Labute approximate surface area is 100 Å². The molecule has 4 nitrogen and oxygen atoms in total. The maximum atomic E-state index is 11.3. The molecular weight excluding hydrogens is 224 g/mol. The van der Waals surface area contributed by atoms with Gasteiger partial charge in [0, 0.05) is 18.8 Å². The quantitative estimate of drug-likeness (QED) is 0.581. The smallest absolute Gasteiger partial charge is 0.150 e. The molecular formula is C11H26N2O2S. The molecule has 0 aromatic rings. The summed E-state index contributed by atoms with van der Waals surface area (Å²) < 4.78 is 22.6. The third-order valence-corrected chi connectivity index (χ3v) is 4.46. The fraction of sp³-hybridized carbons (Fsp3) is 1.00. The van der Waals surface area contributed by atoms with Crippen LogP contribution < -0.4 is 5.32 Å². The topological polar surface area (TPSA) is 49.4 Å². The third kappa shape index (κ3) is 8.07. The molecule has 0 fully saturated rings. The average Bonchev–Trinajstić information content (AvgIpc) is 2.27. The molecule has 0 saturated heterocycles. The van der Waals surface area contributed by atoms with E-state index in [1.165, 1.54) is 0 Å². The van der Waals surface area contributed by atoms with E-state index in [-0.39, 0.29) is 5.75 Å². The van der Waals surface area contributed by atoms with Crippen LogP contribution in [0, 0.1) is 0 Å². The highest BCUT2D eigenvalue weighted by molar-refractivity contribution is 7.91. The lowest BCUT2D eigenvalue weighted by molar-refractivity contribution is 0.289. The van der Waals surface area contributed by atoms with E-state index in [4.69, 9.17) is 0 Å². The second-order valence-corrected chi connectivity index (χ2v) is 6.35. The van der Waals surface area contributed by atoms with Crippen LogP contribution in [0.1, 0.15) is 27.2 Å². The van der Waals surface area contributed by atoms with Crippen LogP contribution in [0.15, 0.2) is 0 Å². The summed E-state index contributed by atoms with van der Waals surface area (Å²) >= 11 is 0. The highest BCUT2D eigenvalue weighted by Crippen LogP contribution is 1.96. The van der Waals surface area contributed by atoms with Crippen molar-refractivity contribution in [3.05, 3.63) is 0 Å². The maximum absolute atomic E-state index is 11.3. The Kier molecular flexibility index (Phi) is 8.89. The van der Waals surface area contributed by atoms with E-state index in [9.17, 15) is 8.42 Å². The number of nitrogens with one attached hydrogen (secondary N) is 1. The molecule has 16 heavy (non-hydrogen) atoms. The molecule has 0 heterocycles. The Morgan fingerprint density at radius 2 is 1.81 bits per heavy atom. The Bertz CT molecular complexity index is 253. The van der Waals surface area contributed by atoms with Crippen LogP contribution in [0.4, 0.5) is 0 Å². The summed E-state index contributed by atoms with van der Waals surface area (Å²) in [5, 5.41) is 3.27. The van der Waals surface area contributed by atoms with Crippen LogP contribution in [-0.4, -0.2) is 57.5 Å². The molecule has 0 saturated carbocycles. The molecule has 0 bridgehead atoms. The molecule has 0 unspecified atom stereocenters. The van der Waals surface area contributed by atoms with Gasteiger partial charge in [-0.1, -0.05) is 20.8 Å². The van der Waals surface area contributed by atoms with Gasteiger partial charge in [0.1, 0.15) is 9.84 Å².